The van der Waals surface area contributed by atoms with E-state index in [-0.39, 0.29) is 0 Å². The van der Waals surface area contributed by atoms with Crippen molar-refractivity contribution >= 4 is 0 Å². The molecule has 0 saturated heterocycles. The van der Waals surface area contributed by atoms with Gasteiger partial charge in [0.05, 0.1) is 5.69 Å². The molecule has 2 rings (SSSR count). The average Bonchev–Trinajstić information content (AvgIpc) is 2.84. The van der Waals surface area contributed by atoms with E-state index in [2.05, 4.69) is 18.1 Å². The highest BCUT2D eigenvalue weighted by molar-refractivity contribution is 5.33. The van der Waals surface area contributed by atoms with Gasteiger partial charge in [0, 0.05) is 12.6 Å². The van der Waals surface area contributed by atoms with E-state index in [1.54, 1.807) is 0 Å². The van der Waals surface area contributed by atoms with Crippen LogP contribution < -0.4 is 10.5 Å². The van der Waals surface area contributed by atoms with Gasteiger partial charge in [-0.3, -0.25) is 0 Å². The van der Waals surface area contributed by atoms with Gasteiger partial charge in [0.2, 0.25) is 0 Å². The molecule has 2 N–H and O–H groups in total. The summed E-state index contributed by atoms with van der Waals surface area (Å²) in [4.78, 5) is 0. The Morgan fingerprint density at radius 2 is 2.18 bits per heavy atom. The Hall–Kier alpha value is -1.81. The molecule has 0 bridgehead atoms. The zero-order valence-electron chi connectivity index (χ0n) is 9.85. The van der Waals surface area contributed by atoms with Crippen molar-refractivity contribution in [3.63, 3.8) is 0 Å². The van der Waals surface area contributed by atoms with Gasteiger partial charge in [0.1, 0.15) is 12.4 Å². The first-order chi connectivity index (χ1) is 8.33. The largest absolute Gasteiger partial charge is 0.485 e. The number of nitrogens with two attached hydrogens (primary N) is 1. The Kier molecular flexibility index (Phi) is 3.77. The summed E-state index contributed by atoms with van der Waals surface area (Å²) in [6, 6.07) is 9.79. The van der Waals surface area contributed by atoms with E-state index in [1.165, 1.54) is 5.56 Å². The maximum Gasteiger partial charge on any atom is 0.174 e. The van der Waals surface area contributed by atoms with Crippen LogP contribution in [0.25, 0.3) is 0 Å². The molecule has 4 nitrogen and oxygen atoms in total. The molecule has 0 radical (unpaired) electrons. The molecule has 1 aromatic carbocycles. The second-order valence-corrected chi connectivity index (χ2v) is 3.74. The minimum Gasteiger partial charge on any atom is -0.485 e. The molecule has 4 heteroatoms. The third-order valence-electron chi connectivity index (χ3n) is 2.54. The van der Waals surface area contributed by atoms with E-state index in [4.69, 9.17) is 15.0 Å². The smallest absolute Gasteiger partial charge is 0.174 e. The second-order valence-electron chi connectivity index (χ2n) is 3.74. The topological polar surface area (TPSA) is 61.3 Å². The van der Waals surface area contributed by atoms with Crippen LogP contribution in [0.4, 0.5) is 0 Å². The predicted molar refractivity (Wildman–Crippen MR) is 64.5 cm³/mol. The normalized spacial score (nSPS) is 10.5. The summed E-state index contributed by atoms with van der Waals surface area (Å²) in [5, 5.41) is 3.81. The van der Waals surface area contributed by atoms with Gasteiger partial charge in [-0.05, 0) is 18.1 Å². The number of hydrogen-bond donors (Lipinski definition) is 1. The second kappa shape index (κ2) is 5.50. The lowest BCUT2D eigenvalue weighted by molar-refractivity contribution is 0.247. The molecule has 0 aliphatic rings. The first kappa shape index (κ1) is 11.7. The van der Waals surface area contributed by atoms with Crippen molar-refractivity contribution in [3.05, 3.63) is 47.3 Å². The van der Waals surface area contributed by atoms with Crippen LogP contribution in [0.5, 0.6) is 5.75 Å². The number of rotatable bonds is 5. The number of nitrogens with zero attached hydrogens (tertiary/aromatic N) is 1. The lowest BCUT2D eigenvalue weighted by Crippen LogP contribution is -1.97. The zero-order valence-corrected chi connectivity index (χ0v) is 9.85. The maximum atomic E-state index is 5.70. The fourth-order valence-electron chi connectivity index (χ4n) is 1.61. The van der Waals surface area contributed by atoms with E-state index < -0.39 is 0 Å². The van der Waals surface area contributed by atoms with Crippen LogP contribution in [0.1, 0.15) is 23.9 Å². The maximum absolute atomic E-state index is 5.70. The molecule has 0 fully saturated rings. The van der Waals surface area contributed by atoms with Crippen molar-refractivity contribution < 1.29 is 9.26 Å². The molecule has 0 aliphatic carbocycles. The summed E-state index contributed by atoms with van der Waals surface area (Å²) in [5.41, 5.74) is 7.38. The molecule has 1 aromatic heterocycles. The molecular formula is C13H16N2O2. The number of aryl methyl sites for hydroxylation is 1. The summed E-state index contributed by atoms with van der Waals surface area (Å²) in [6.07, 6.45) is 0.945. The Morgan fingerprint density at radius 1 is 1.35 bits per heavy atom. The van der Waals surface area contributed by atoms with Crippen molar-refractivity contribution in [1.82, 2.24) is 5.16 Å². The Bertz CT molecular complexity index is 480. The first-order valence-electron chi connectivity index (χ1n) is 5.68. The van der Waals surface area contributed by atoms with Gasteiger partial charge >= 0.3 is 0 Å². The van der Waals surface area contributed by atoms with Gasteiger partial charge in [-0.15, -0.1) is 0 Å². The van der Waals surface area contributed by atoms with Crippen LogP contribution in [-0.2, 0) is 19.6 Å². The number of ether oxygens (including phenoxy) is 1. The van der Waals surface area contributed by atoms with E-state index in [0.29, 0.717) is 18.9 Å². The Labute approximate surface area is 100 Å². The molecule has 0 spiro atoms. The zero-order chi connectivity index (χ0) is 12.1. The van der Waals surface area contributed by atoms with Gasteiger partial charge in [0.25, 0.3) is 0 Å². The molecular weight excluding hydrogens is 216 g/mol. The fraction of sp³-hybridized carbons (Fsp3) is 0.308. The van der Waals surface area contributed by atoms with Crippen molar-refractivity contribution in [2.24, 2.45) is 5.73 Å². The summed E-state index contributed by atoms with van der Waals surface area (Å²) < 4.78 is 10.8. The molecule has 17 heavy (non-hydrogen) atoms. The van der Waals surface area contributed by atoms with Crippen LogP contribution in [-0.4, -0.2) is 5.16 Å². The van der Waals surface area contributed by atoms with E-state index in [9.17, 15) is 0 Å². The summed E-state index contributed by atoms with van der Waals surface area (Å²) in [5.74, 6) is 1.58. The minimum absolute atomic E-state index is 0.379. The molecule has 0 saturated carbocycles. The minimum atomic E-state index is 0.379. The Morgan fingerprint density at radius 3 is 2.88 bits per heavy atom. The molecule has 0 atom stereocenters. The van der Waals surface area contributed by atoms with Gasteiger partial charge in [-0.25, -0.2) is 0 Å². The van der Waals surface area contributed by atoms with Gasteiger partial charge in [0.15, 0.2) is 5.76 Å². The van der Waals surface area contributed by atoms with E-state index >= 15 is 0 Å². The number of para-hydroxylation sites is 1. The summed E-state index contributed by atoms with van der Waals surface area (Å²) in [7, 11) is 0. The van der Waals surface area contributed by atoms with Crippen molar-refractivity contribution in [2.75, 3.05) is 0 Å². The molecule has 0 aliphatic heterocycles. The van der Waals surface area contributed by atoms with Crippen LogP contribution >= 0.6 is 0 Å². The summed E-state index contributed by atoms with van der Waals surface area (Å²) >= 11 is 0. The molecule has 1 heterocycles. The molecule has 0 amide bonds. The average molecular weight is 232 g/mol. The van der Waals surface area contributed by atoms with Gasteiger partial charge in [-0.1, -0.05) is 30.3 Å². The van der Waals surface area contributed by atoms with E-state index in [0.717, 1.165) is 17.9 Å². The highest BCUT2D eigenvalue weighted by atomic mass is 16.5. The van der Waals surface area contributed by atoms with E-state index in [1.807, 2.05) is 24.3 Å². The lowest BCUT2D eigenvalue weighted by Gasteiger charge is -2.08. The molecule has 90 valence electrons. The molecule has 2 aromatic rings. The van der Waals surface area contributed by atoms with Crippen LogP contribution in [0.15, 0.2) is 34.9 Å². The van der Waals surface area contributed by atoms with Crippen LogP contribution in [0.3, 0.4) is 0 Å². The third kappa shape index (κ3) is 2.85. The lowest BCUT2D eigenvalue weighted by atomic mass is 10.1. The first-order valence-corrected chi connectivity index (χ1v) is 5.68. The van der Waals surface area contributed by atoms with Crippen molar-refractivity contribution in [1.29, 1.82) is 0 Å². The van der Waals surface area contributed by atoms with Gasteiger partial charge in [-0.2, -0.15) is 0 Å². The quantitative estimate of drug-likeness (QED) is 0.859. The Balaban J connectivity index is 2.01. The standard InChI is InChI=1S/C13H16N2O2/c1-2-10-5-3-4-6-13(10)16-9-12-7-11(8-14)15-17-12/h3-7H,2,8-9,14H2,1H3. The SMILES string of the molecule is CCc1ccccc1OCc1cc(CN)no1. The summed E-state index contributed by atoms with van der Waals surface area (Å²) in [6.45, 7) is 2.86. The highest BCUT2D eigenvalue weighted by Gasteiger charge is 2.05. The van der Waals surface area contributed by atoms with Crippen LogP contribution in [0.2, 0.25) is 0 Å². The number of hydrogen-bond acceptors (Lipinski definition) is 4. The highest BCUT2D eigenvalue weighted by Crippen LogP contribution is 2.19. The predicted octanol–water partition coefficient (Wildman–Crippen LogP) is 2.27. The fourth-order valence-corrected chi connectivity index (χ4v) is 1.61. The number of benzene rings is 1. The van der Waals surface area contributed by atoms with Crippen molar-refractivity contribution in [2.45, 2.75) is 26.5 Å². The number of aromatic nitrogens is 1. The third-order valence-corrected chi connectivity index (χ3v) is 2.54. The van der Waals surface area contributed by atoms with Crippen LogP contribution in [0, 0.1) is 0 Å². The molecule has 0 unspecified atom stereocenters. The van der Waals surface area contributed by atoms with Crippen molar-refractivity contribution in [3.8, 4) is 5.75 Å². The van der Waals surface area contributed by atoms with Gasteiger partial charge < -0.3 is 15.0 Å². The monoisotopic (exact) mass is 232 g/mol.